The van der Waals surface area contributed by atoms with E-state index in [1.165, 1.54) is 0 Å². The minimum Gasteiger partial charge on any atom is -0.324 e. The number of fused-ring (bicyclic) bond motifs is 4. The van der Waals surface area contributed by atoms with Crippen LogP contribution in [0.3, 0.4) is 0 Å². The van der Waals surface area contributed by atoms with Gasteiger partial charge in [-0.15, -0.1) is 0 Å². The van der Waals surface area contributed by atoms with Gasteiger partial charge in [0.05, 0.1) is 11.8 Å². The van der Waals surface area contributed by atoms with E-state index in [1.54, 1.807) is 4.90 Å². The second-order valence-electron chi connectivity index (χ2n) is 9.94. The molecule has 6 nitrogen and oxygen atoms in total. The van der Waals surface area contributed by atoms with Gasteiger partial charge in [-0.3, -0.25) is 24.6 Å². The van der Waals surface area contributed by atoms with Gasteiger partial charge in [0.2, 0.25) is 17.7 Å². The summed E-state index contributed by atoms with van der Waals surface area (Å²) in [7, 11) is 0. The Balaban J connectivity index is 1.45. The summed E-state index contributed by atoms with van der Waals surface area (Å²) in [5.41, 5.74) is 1.39. The first kappa shape index (κ1) is 20.6. The molecule has 1 saturated carbocycles. The van der Waals surface area contributed by atoms with Gasteiger partial charge in [0.25, 0.3) is 0 Å². The number of carbonyl (C=O) groups excluding carboxylic acids is 3. The van der Waals surface area contributed by atoms with Crippen LogP contribution in [-0.4, -0.2) is 34.7 Å². The molecule has 2 N–H and O–H groups in total. The summed E-state index contributed by atoms with van der Waals surface area (Å²) in [5.74, 6) is -1.76. The van der Waals surface area contributed by atoms with Crippen LogP contribution in [0.4, 0.5) is 5.69 Å². The fraction of sp³-hybridized carbons (Fsp3) is 0.444. The zero-order valence-corrected chi connectivity index (χ0v) is 18.6. The predicted molar refractivity (Wildman–Crippen MR) is 124 cm³/mol. The van der Waals surface area contributed by atoms with Crippen molar-refractivity contribution in [3.05, 3.63) is 65.7 Å². The number of nitrogens with zero attached hydrogens (tertiary/aromatic N) is 1. The molecule has 6 heteroatoms. The normalized spacial score (nSPS) is 31.6. The highest BCUT2D eigenvalue weighted by Gasteiger charge is 2.70. The SMILES string of the molecule is O=C1[C@H]2[C@@H](C(=O)N1C1CCCCCC1)[C@@]1(N[C@@H]2Cc2ccccc2)C(=O)Nc2ccccc21. The molecule has 1 spiro atoms. The zero-order valence-electron chi connectivity index (χ0n) is 18.6. The molecule has 3 amide bonds. The Kier molecular flexibility index (Phi) is 4.87. The van der Waals surface area contributed by atoms with Gasteiger partial charge < -0.3 is 5.32 Å². The highest BCUT2D eigenvalue weighted by atomic mass is 16.2. The molecule has 0 radical (unpaired) electrons. The first-order valence-corrected chi connectivity index (χ1v) is 12.2. The predicted octanol–water partition coefficient (Wildman–Crippen LogP) is 3.37. The van der Waals surface area contributed by atoms with Crippen LogP contribution in [0, 0.1) is 11.8 Å². The van der Waals surface area contributed by atoms with Gasteiger partial charge in [0.15, 0.2) is 0 Å². The van der Waals surface area contributed by atoms with E-state index in [9.17, 15) is 14.4 Å². The van der Waals surface area contributed by atoms with Crippen molar-refractivity contribution in [2.45, 2.75) is 62.6 Å². The molecule has 4 atom stereocenters. The van der Waals surface area contributed by atoms with Crippen LogP contribution in [0.1, 0.15) is 49.7 Å². The van der Waals surface area contributed by atoms with Gasteiger partial charge in [0.1, 0.15) is 5.54 Å². The first-order chi connectivity index (χ1) is 16.1. The molecule has 4 aliphatic rings. The van der Waals surface area contributed by atoms with Crippen molar-refractivity contribution in [1.29, 1.82) is 0 Å². The summed E-state index contributed by atoms with van der Waals surface area (Å²) >= 11 is 0. The molecule has 2 aromatic carbocycles. The maximum Gasteiger partial charge on any atom is 0.250 e. The number of hydrogen-bond acceptors (Lipinski definition) is 4. The molecule has 3 fully saturated rings. The van der Waals surface area contributed by atoms with Crippen LogP contribution in [0.2, 0.25) is 0 Å². The fourth-order valence-corrected chi connectivity index (χ4v) is 6.70. The third kappa shape index (κ3) is 3.00. The Hall–Kier alpha value is -2.99. The average molecular weight is 444 g/mol. The molecule has 0 aromatic heterocycles. The Morgan fingerprint density at radius 1 is 0.848 bits per heavy atom. The molecule has 170 valence electrons. The van der Waals surface area contributed by atoms with Crippen LogP contribution in [0.25, 0.3) is 0 Å². The maximum absolute atomic E-state index is 14.0. The molecular weight excluding hydrogens is 414 g/mol. The molecular formula is C27H29N3O3. The number of amides is 3. The van der Waals surface area contributed by atoms with Gasteiger partial charge in [-0.1, -0.05) is 74.2 Å². The highest BCUT2D eigenvalue weighted by molar-refractivity contribution is 6.15. The zero-order chi connectivity index (χ0) is 22.6. The van der Waals surface area contributed by atoms with Gasteiger partial charge in [0, 0.05) is 23.3 Å². The molecule has 6 rings (SSSR count). The van der Waals surface area contributed by atoms with Gasteiger partial charge in [-0.05, 0) is 30.9 Å². The van der Waals surface area contributed by atoms with E-state index in [0.29, 0.717) is 6.42 Å². The molecule has 0 bridgehead atoms. The van der Waals surface area contributed by atoms with E-state index < -0.39 is 17.4 Å². The summed E-state index contributed by atoms with van der Waals surface area (Å²) in [6, 6.07) is 17.2. The molecule has 33 heavy (non-hydrogen) atoms. The minimum atomic E-state index is -1.20. The monoisotopic (exact) mass is 443 g/mol. The van der Waals surface area contributed by atoms with E-state index in [1.807, 2.05) is 54.6 Å². The Morgan fingerprint density at radius 3 is 2.30 bits per heavy atom. The molecule has 2 saturated heterocycles. The number of likely N-dealkylation sites (tertiary alicyclic amines) is 1. The summed E-state index contributed by atoms with van der Waals surface area (Å²) in [5, 5.41) is 6.52. The molecule has 1 aliphatic carbocycles. The summed E-state index contributed by atoms with van der Waals surface area (Å²) in [4.78, 5) is 43.0. The topological polar surface area (TPSA) is 78.5 Å². The third-order valence-corrected chi connectivity index (χ3v) is 8.14. The van der Waals surface area contributed by atoms with Gasteiger partial charge in [-0.2, -0.15) is 0 Å². The van der Waals surface area contributed by atoms with E-state index >= 15 is 0 Å². The van der Waals surface area contributed by atoms with E-state index in [-0.39, 0.29) is 29.8 Å². The van der Waals surface area contributed by atoms with E-state index in [4.69, 9.17) is 0 Å². The van der Waals surface area contributed by atoms with Gasteiger partial charge in [-0.25, -0.2) is 0 Å². The van der Waals surface area contributed by atoms with Crippen molar-refractivity contribution in [2.75, 3.05) is 5.32 Å². The number of anilines is 1. The Labute approximate surface area is 193 Å². The largest absolute Gasteiger partial charge is 0.324 e. The lowest BCUT2D eigenvalue weighted by Gasteiger charge is -2.32. The van der Waals surface area contributed by atoms with E-state index in [0.717, 1.165) is 55.3 Å². The lowest BCUT2D eigenvalue weighted by molar-refractivity contribution is -0.145. The second-order valence-corrected chi connectivity index (χ2v) is 9.94. The van der Waals surface area contributed by atoms with Crippen LogP contribution in [0.5, 0.6) is 0 Å². The van der Waals surface area contributed by atoms with Gasteiger partial charge >= 0.3 is 0 Å². The van der Waals surface area contributed by atoms with Crippen molar-refractivity contribution < 1.29 is 14.4 Å². The molecule has 0 unspecified atom stereocenters. The number of para-hydroxylation sites is 1. The first-order valence-electron chi connectivity index (χ1n) is 12.2. The summed E-state index contributed by atoms with van der Waals surface area (Å²) in [6.45, 7) is 0. The van der Waals surface area contributed by atoms with Crippen LogP contribution in [-0.2, 0) is 26.3 Å². The number of hydrogen-bond donors (Lipinski definition) is 2. The third-order valence-electron chi connectivity index (χ3n) is 8.14. The molecule has 3 heterocycles. The number of benzene rings is 2. The standard InChI is InChI=1S/C27H29N3O3/c31-24-22-21(16-17-10-4-3-5-11-17)29-27(19-14-8-9-15-20(19)28-26(27)33)23(22)25(32)30(24)18-12-6-1-2-7-13-18/h3-5,8-11,14-15,18,21-23,29H,1-2,6-7,12-13,16H2,(H,28,33)/t21-,22-,23+,27-/m1/s1. The van der Waals surface area contributed by atoms with Crippen molar-refractivity contribution in [3.8, 4) is 0 Å². The lowest BCUT2D eigenvalue weighted by atomic mass is 9.76. The van der Waals surface area contributed by atoms with Crippen molar-refractivity contribution in [1.82, 2.24) is 10.2 Å². The Bertz CT molecular complexity index is 1110. The lowest BCUT2D eigenvalue weighted by Crippen LogP contribution is -2.54. The summed E-state index contributed by atoms with van der Waals surface area (Å²) in [6.07, 6.45) is 6.70. The fourth-order valence-electron chi connectivity index (χ4n) is 6.70. The quantitative estimate of drug-likeness (QED) is 0.563. The van der Waals surface area contributed by atoms with Crippen molar-refractivity contribution in [3.63, 3.8) is 0 Å². The number of nitrogens with one attached hydrogen (secondary N) is 2. The number of carbonyl (C=O) groups is 3. The summed E-state index contributed by atoms with van der Waals surface area (Å²) < 4.78 is 0. The minimum absolute atomic E-state index is 0.0489. The molecule has 2 aromatic rings. The number of imide groups is 1. The average Bonchev–Trinajstić information content (AvgIpc) is 3.28. The maximum atomic E-state index is 14.0. The molecule has 3 aliphatic heterocycles. The van der Waals surface area contributed by atoms with Crippen molar-refractivity contribution >= 4 is 23.4 Å². The van der Waals surface area contributed by atoms with Crippen LogP contribution < -0.4 is 10.6 Å². The Morgan fingerprint density at radius 2 is 1.55 bits per heavy atom. The second kappa shape index (κ2) is 7.80. The van der Waals surface area contributed by atoms with E-state index in [2.05, 4.69) is 10.6 Å². The highest BCUT2D eigenvalue weighted by Crippen LogP contribution is 2.53. The van der Waals surface area contributed by atoms with Crippen molar-refractivity contribution in [2.24, 2.45) is 11.8 Å². The number of rotatable bonds is 3. The van der Waals surface area contributed by atoms with Crippen LogP contribution >= 0.6 is 0 Å². The smallest absolute Gasteiger partial charge is 0.250 e. The van der Waals surface area contributed by atoms with Crippen LogP contribution in [0.15, 0.2) is 54.6 Å².